The maximum atomic E-state index is 10.8. The summed E-state index contributed by atoms with van der Waals surface area (Å²) in [7, 11) is 0. The lowest BCUT2D eigenvalue weighted by Crippen LogP contribution is -2.34. The predicted molar refractivity (Wildman–Crippen MR) is 69.0 cm³/mol. The van der Waals surface area contributed by atoms with Gasteiger partial charge < -0.3 is 9.84 Å². The Bertz CT molecular complexity index is 419. The molecule has 4 heteroatoms. The standard InChI is InChI=1S/C14H19NO3/c1-2-7-15(9-14(16)17)8-11-10-18-13-6-4-3-5-12(11)13/h3-6,11H,2,7-10H2,1H3,(H,16,17). The van der Waals surface area contributed by atoms with Crippen LogP contribution in [0.1, 0.15) is 24.8 Å². The molecule has 1 atom stereocenters. The molecule has 1 aromatic carbocycles. The van der Waals surface area contributed by atoms with Crippen LogP contribution in [0.2, 0.25) is 0 Å². The summed E-state index contributed by atoms with van der Waals surface area (Å²) in [6.07, 6.45) is 0.961. The van der Waals surface area contributed by atoms with Crippen molar-refractivity contribution in [2.75, 3.05) is 26.2 Å². The van der Waals surface area contributed by atoms with E-state index in [0.29, 0.717) is 6.61 Å². The van der Waals surface area contributed by atoms with Gasteiger partial charge in [0, 0.05) is 18.0 Å². The molecule has 98 valence electrons. The van der Waals surface area contributed by atoms with Crippen molar-refractivity contribution in [2.45, 2.75) is 19.3 Å². The van der Waals surface area contributed by atoms with Crippen LogP contribution in [0.4, 0.5) is 0 Å². The monoisotopic (exact) mass is 249 g/mol. The van der Waals surface area contributed by atoms with Crippen molar-refractivity contribution in [1.29, 1.82) is 0 Å². The van der Waals surface area contributed by atoms with Crippen LogP contribution in [0.25, 0.3) is 0 Å². The summed E-state index contributed by atoms with van der Waals surface area (Å²) >= 11 is 0. The topological polar surface area (TPSA) is 49.8 Å². The second-order valence-electron chi connectivity index (χ2n) is 4.67. The van der Waals surface area contributed by atoms with Gasteiger partial charge in [0.1, 0.15) is 5.75 Å². The van der Waals surface area contributed by atoms with E-state index in [1.807, 2.05) is 23.1 Å². The van der Waals surface area contributed by atoms with Crippen LogP contribution in [0, 0.1) is 0 Å². The summed E-state index contributed by atoms with van der Waals surface area (Å²) in [4.78, 5) is 12.8. The largest absolute Gasteiger partial charge is 0.493 e. The molecule has 1 aliphatic heterocycles. The highest BCUT2D eigenvalue weighted by molar-refractivity contribution is 5.69. The molecule has 0 aromatic heterocycles. The van der Waals surface area contributed by atoms with Crippen molar-refractivity contribution in [3.63, 3.8) is 0 Å². The number of carbonyl (C=O) groups is 1. The maximum absolute atomic E-state index is 10.8. The normalized spacial score (nSPS) is 17.6. The first-order valence-electron chi connectivity index (χ1n) is 6.36. The van der Waals surface area contributed by atoms with E-state index in [9.17, 15) is 4.79 Å². The molecule has 1 heterocycles. The summed E-state index contributed by atoms with van der Waals surface area (Å²) in [5, 5.41) is 8.91. The summed E-state index contributed by atoms with van der Waals surface area (Å²) < 4.78 is 5.62. The molecule has 0 spiro atoms. The molecule has 0 saturated carbocycles. The van der Waals surface area contributed by atoms with Crippen molar-refractivity contribution in [3.05, 3.63) is 29.8 Å². The van der Waals surface area contributed by atoms with Gasteiger partial charge in [-0.2, -0.15) is 0 Å². The van der Waals surface area contributed by atoms with Crippen LogP contribution in [-0.4, -0.2) is 42.2 Å². The molecule has 1 N–H and O–H groups in total. The van der Waals surface area contributed by atoms with E-state index in [4.69, 9.17) is 9.84 Å². The number of benzene rings is 1. The minimum absolute atomic E-state index is 0.104. The number of hydrogen-bond donors (Lipinski definition) is 1. The zero-order valence-electron chi connectivity index (χ0n) is 10.6. The van der Waals surface area contributed by atoms with Crippen molar-refractivity contribution in [2.24, 2.45) is 0 Å². The Morgan fingerprint density at radius 2 is 2.28 bits per heavy atom. The Morgan fingerprint density at radius 3 is 3.00 bits per heavy atom. The first-order valence-corrected chi connectivity index (χ1v) is 6.36. The average Bonchev–Trinajstić information content (AvgIpc) is 2.72. The molecule has 0 saturated heterocycles. The molecular formula is C14H19NO3. The molecular weight excluding hydrogens is 230 g/mol. The number of fused-ring (bicyclic) bond motifs is 1. The fourth-order valence-electron chi connectivity index (χ4n) is 2.43. The number of carboxylic acids is 1. The fraction of sp³-hybridized carbons (Fsp3) is 0.500. The predicted octanol–water partition coefficient (Wildman–Crippen LogP) is 1.96. The number of rotatable bonds is 6. The van der Waals surface area contributed by atoms with Gasteiger partial charge in [-0.15, -0.1) is 0 Å². The van der Waals surface area contributed by atoms with E-state index in [0.717, 1.165) is 25.3 Å². The molecule has 18 heavy (non-hydrogen) atoms. The summed E-state index contributed by atoms with van der Waals surface area (Å²) in [6.45, 7) is 4.38. The Kier molecular flexibility index (Phi) is 4.20. The number of para-hydroxylation sites is 1. The zero-order valence-corrected chi connectivity index (χ0v) is 10.6. The van der Waals surface area contributed by atoms with Gasteiger partial charge in [0.2, 0.25) is 0 Å². The SMILES string of the molecule is CCCN(CC(=O)O)CC1COc2ccccc21. The van der Waals surface area contributed by atoms with Crippen LogP contribution in [-0.2, 0) is 4.79 Å². The average molecular weight is 249 g/mol. The van der Waals surface area contributed by atoms with Gasteiger partial charge in [-0.3, -0.25) is 9.69 Å². The Hall–Kier alpha value is -1.55. The van der Waals surface area contributed by atoms with E-state index in [2.05, 4.69) is 13.0 Å². The van der Waals surface area contributed by atoms with Crippen LogP contribution in [0.5, 0.6) is 5.75 Å². The minimum atomic E-state index is -0.768. The van der Waals surface area contributed by atoms with Gasteiger partial charge in [-0.1, -0.05) is 25.1 Å². The maximum Gasteiger partial charge on any atom is 0.317 e. The van der Waals surface area contributed by atoms with Gasteiger partial charge in [-0.05, 0) is 19.0 Å². The quantitative estimate of drug-likeness (QED) is 0.837. The van der Waals surface area contributed by atoms with Crippen LogP contribution < -0.4 is 4.74 Å². The second-order valence-corrected chi connectivity index (χ2v) is 4.67. The van der Waals surface area contributed by atoms with E-state index < -0.39 is 5.97 Å². The molecule has 0 radical (unpaired) electrons. The molecule has 0 aliphatic carbocycles. The van der Waals surface area contributed by atoms with E-state index in [1.165, 1.54) is 5.56 Å². The number of nitrogens with zero attached hydrogens (tertiary/aromatic N) is 1. The van der Waals surface area contributed by atoms with Crippen molar-refractivity contribution < 1.29 is 14.6 Å². The van der Waals surface area contributed by atoms with Gasteiger partial charge in [-0.25, -0.2) is 0 Å². The zero-order chi connectivity index (χ0) is 13.0. The third-order valence-electron chi connectivity index (χ3n) is 3.18. The van der Waals surface area contributed by atoms with E-state index in [1.54, 1.807) is 0 Å². The molecule has 2 rings (SSSR count). The highest BCUT2D eigenvalue weighted by Gasteiger charge is 2.26. The number of ether oxygens (including phenoxy) is 1. The highest BCUT2D eigenvalue weighted by atomic mass is 16.5. The Morgan fingerprint density at radius 1 is 1.50 bits per heavy atom. The van der Waals surface area contributed by atoms with Gasteiger partial charge >= 0.3 is 5.97 Å². The van der Waals surface area contributed by atoms with Crippen molar-refractivity contribution in [3.8, 4) is 5.75 Å². The molecule has 4 nitrogen and oxygen atoms in total. The third-order valence-corrected chi connectivity index (χ3v) is 3.18. The summed E-state index contributed by atoms with van der Waals surface area (Å²) in [6, 6.07) is 8.00. The third kappa shape index (κ3) is 3.01. The van der Waals surface area contributed by atoms with Gasteiger partial charge in [0.05, 0.1) is 13.2 Å². The van der Waals surface area contributed by atoms with Crippen molar-refractivity contribution in [1.82, 2.24) is 4.90 Å². The fourth-order valence-corrected chi connectivity index (χ4v) is 2.43. The van der Waals surface area contributed by atoms with Gasteiger partial charge in [0.25, 0.3) is 0 Å². The highest BCUT2D eigenvalue weighted by Crippen LogP contribution is 2.33. The summed E-state index contributed by atoms with van der Waals surface area (Å²) in [5.74, 6) is 0.456. The number of hydrogen-bond acceptors (Lipinski definition) is 3. The second kappa shape index (κ2) is 5.87. The van der Waals surface area contributed by atoms with E-state index >= 15 is 0 Å². The number of aliphatic carboxylic acids is 1. The molecule has 1 aromatic rings. The first kappa shape index (κ1) is 12.9. The van der Waals surface area contributed by atoms with E-state index in [-0.39, 0.29) is 12.5 Å². The summed E-state index contributed by atoms with van der Waals surface area (Å²) in [5.41, 5.74) is 1.20. The molecule has 1 unspecified atom stereocenters. The molecule has 0 amide bonds. The Balaban J connectivity index is 2.02. The lowest BCUT2D eigenvalue weighted by Gasteiger charge is -2.22. The smallest absolute Gasteiger partial charge is 0.317 e. The number of carboxylic acid groups (broad SMARTS) is 1. The Labute approximate surface area is 107 Å². The van der Waals surface area contributed by atoms with Gasteiger partial charge in [0.15, 0.2) is 0 Å². The lowest BCUT2D eigenvalue weighted by molar-refractivity contribution is -0.138. The lowest BCUT2D eigenvalue weighted by atomic mass is 10.0. The minimum Gasteiger partial charge on any atom is -0.493 e. The van der Waals surface area contributed by atoms with Crippen LogP contribution in [0.3, 0.4) is 0 Å². The van der Waals surface area contributed by atoms with Crippen LogP contribution in [0.15, 0.2) is 24.3 Å². The first-order chi connectivity index (χ1) is 8.70. The van der Waals surface area contributed by atoms with Crippen molar-refractivity contribution >= 4 is 5.97 Å². The molecule has 1 aliphatic rings. The van der Waals surface area contributed by atoms with Crippen LogP contribution >= 0.6 is 0 Å². The molecule has 0 fully saturated rings. The molecule has 0 bridgehead atoms.